The first-order chi connectivity index (χ1) is 13.4. The van der Waals surface area contributed by atoms with Gasteiger partial charge >= 0.3 is 0 Å². The van der Waals surface area contributed by atoms with Crippen LogP contribution in [0.1, 0.15) is 44.1 Å². The molecule has 28 heavy (non-hydrogen) atoms. The van der Waals surface area contributed by atoms with E-state index in [4.69, 9.17) is 0 Å². The largest absolute Gasteiger partial charge is 0.321 e. The molecule has 0 atom stereocenters. The zero-order valence-electron chi connectivity index (χ0n) is 15.7. The van der Waals surface area contributed by atoms with E-state index in [9.17, 15) is 14.0 Å². The van der Waals surface area contributed by atoms with Crippen LogP contribution < -0.4 is 10.6 Å². The number of aryl methyl sites for hydroxylation is 3. The Balaban J connectivity index is 1.75. The molecule has 0 aliphatic carbocycles. The van der Waals surface area contributed by atoms with Crippen molar-refractivity contribution in [3.63, 3.8) is 0 Å². The Labute approximate surface area is 165 Å². The number of benzene rings is 1. The summed E-state index contributed by atoms with van der Waals surface area (Å²) in [5.41, 5.74) is 1.42. The normalized spacial score (nSPS) is 10.7. The first-order valence-corrected chi connectivity index (χ1v) is 9.57. The minimum atomic E-state index is -0.623. The molecule has 2 aromatic heterocycles. The lowest BCUT2D eigenvalue weighted by Crippen LogP contribution is -2.15. The number of hydrogen-bond donors (Lipinski definition) is 2. The number of halogens is 1. The van der Waals surface area contributed by atoms with E-state index in [0.717, 1.165) is 30.1 Å². The SMILES string of the molecule is CCCn1cc(NC(=O)c2cc(F)cc(NC(=O)c3sc(C)nc3C)c2)cn1. The van der Waals surface area contributed by atoms with E-state index in [1.807, 2.05) is 13.8 Å². The Morgan fingerprint density at radius 2 is 1.89 bits per heavy atom. The van der Waals surface area contributed by atoms with Crippen LogP contribution in [0.3, 0.4) is 0 Å². The Morgan fingerprint density at radius 1 is 1.14 bits per heavy atom. The molecule has 0 spiro atoms. The maximum atomic E-state index is 14.0. The lowest BCUT2D eigenvalue weighted by Gasteiger charge is -2.08. The topological polar surface area (TPSA) is 88.9 Å². The second-order valence-corrected chi connectivity index (χ2v) is 7.48. The van der Waals surface area contributed by atoms with Crippen molar-refractivity contribution in [2.45, 2.75) is 33.7 Å². The number of nitrogens with one attached hydrogen (secondary N) is 2. The molecule has 0 saturated carbocycles. The predicted molar refractivity (Wildman–Crippen MR) is 106 cm³/mol. The van der Waals surface area contributed by atoms with Crippen molar-refractivity contribution in [3.05, 3.63) is 57.6 Å². The number of aromatic nitrogens is 3. The highest BCUT2D eigenvalue weighted by molar-refractivity contribution is 7.13. The smallest absolute Gasteiger partial charge is 0.267 e. The Morgan fingerprint density at radius 3 is 2.57 bits per heavy atom. The van der Waals surface area contributed by atoms with Gasteiger partial charge in [-0.1, -0.05) is 6.92 Å². The van der Waals surface area contributed by atoms with Crippen LogP contribution in [0.15, 0.2) is 30.6 Å². The number of carbonyl (C=O) groups excluding carboxylic acids is 2. The van der Waals surface area contributed by atoms with E-state index in [2.05, 4.69) is 20.7 Å². The summed E-state index contributed by atoms with van der Waals surface area (Å²) in [5, 5.41) is 10.2. The van der Waals surface area contributed by atoms with E-state index in [1.165, 1.54) is 23.6 Å². The molecule has 0 bridgehead atoms. The van der Waals surface area contributed by atoms with Gasteiger partial charge in [0, 0.05) is 24.0 Å². The lowest BCUT2D eigenvalue weighted by atomic mass is 10.1. The molecule has 9 heteroatoms. The summed E-state index contributed by atoms with van der Waals surface area (Å²) in [7, 11) is 0. The third-order valence-corrected chi connectivity index (χ3v) is 4.94. The van der Waals surface area contributed by atoms with Gasteiger partial charge in [0.05, 0.1) is 22.6 Å². The fraction of sp³-hybridized carbons (Fsp3) is 0.263. The summed E-state index contributed by atoms with van der Waals surface area (Å²) in [6.07, 6.45) is 4.16. The summed E-state index contributed by atoms with van der Waals surface area (Å²) in [4.78, 5) is 29.6. The van der Waals surface area contributed by atoms with Gasteiger partial charge in [-0.05, 0) is 38.5 Å². The lowest BCUT2D eigenvalue weighted by molar-refractivity contribution is 0.101. The molecule has 0 saturated heterocycles. The summed E-state index contributed by atoms with van der Waals surface area (Å²) >= 11 is 1.26. The molecule has 0 radical (unpaired) electrons. The molecular formula is C19H20FN5O2S. The van der Waals surface area contributed by atoms with Crippen molar-refractivity contribution in [2.75, 3.05) is 10.6 Å². The highest BCUT2D eigenvalue weighted by Gasteiger charge is 2.16. The van der Waals surface area contributed by atoms with Gasteiger partial charge in [0.2, 0.25) is 0 Å². The number of carbonyl (C=O) groups is 2. The van der Waals surface area contributed by atoms with E-state index < -0.39 is 11.7 Å². The van der Waals surface area contributed by atoms with Gasteiger partial charge in [-0.15, -0.1) is 11.3 Å². The standard InChI is InChI=1S/C19H20FN5O2S/c1-4-5-25-10-16(9-21-25)24-18(26)13-6-14(20)8-15(7-13)23-19(27)17-11(2)22-12(3)28-17/h6-10H,4-5H2,1-3H3,(H,23,27)(H,24,26). The molecule has 3 rings (SSSR count). The summed E-state index contributed by atoms with van der Waals surface area (Å²) in [6.45, 7) is 6.31. The van der Waals surface area contributed by atoms with Crippen molar-refractivity contribution in [1.29, 1.82) is 0 Å². The first kappa shape index (κ1) is 19.7. The zero-order chi connectivity index (χ0) is 20.3. The van der Waals surface area contributed by atoms with Crippen molar-refractivity contribution in [1.82, 2.24) is 14.8 Å². The molecule has 0 aliphatic heterocycles. The van der Waals surface area contributed by atoms with Gasteiger partial charge in [0.25, 0.3) is 11.8 Å². The van der Waals surface area contributed by atoms with Crippen LogP contribution in [0.4, 0.5) is 15.8 Å². The van der Waals surface area contributed by atoms with Crippen molar-refractivity contribution in [2.24, 2.45) is 0 Å². The van der Waals surface area contributed by atoms with E-state index in [0.29, 0.717) is 16.3 Å². The molecule has 7 nitrogen and oxygen atoms in total. The molecule has 0 aliphatic rings. The number of amides is 2. The van der Waals surface area contributed by atoms with Gasteiger partial charge in [-0.2, -0.15) is 5.10 Å². The molecule has 0 fully saturated rings. The number of hydrogen-bond acceptors (Lipinski definition) is 5. The second-order valence-electron chi connectivity index (χ2n) is 6.28. The van der Waals surface area contributed by atoms with Crippen molar-refractivity contribution < 1.29 is 14.0 Å². The highest BCUT2D eigenvalue weighted by Crippen LogP contribution is 2.21. The second kappa shape index (κ2) is 8.30. The summed E-state index contributed by atoms with van der Waals surface area (Å²) in [5.74, 6) is -1.50. The third-order valence-electron chi connectivity index (χ3n) is 3.87. The van der Waals surface area contributed by atoms with Gasteiger partial charge in [0.1, 0.15) is 10.7 Å². The molecule has 3 aromatic rings. The maximum absolute atomic E-state index is 14.0. The van der Waals surface area contributed by atoms with Crippen LogP contribution in [0, 0.1) is 19.7 Å². The third kappa shape index (κ3) is 4.61. The maximum Gasteiger partial charge on any atom is 0.267 e. The van der Waals surface area contributed by atoms with Crippen LogP contribution >= 0.6 is 11.3 Å². The Bertz CT molecular complexity index is 1030. The summed E-state index contributed by atoms with van der Waals surface area (Å²) in [6, 6.07) is 3.71. The molecular weight excluding hydrogens is 381 g/mol. The number of anilines is 2. The molecule has 2 heterocycles. The fourth-order valence-electron chi connectivity index (χ4n) is 2.71. The van der Waals surface area contributed by atoms with Crippen LogP contribution in [-0.4, -0.2) is 26.6 Å². The van der Waals surface area contributed by atoms with E-state index in [1.54, 1.807) is 17.8 Å². The minimum Gasteiger partial charge on any atom is -0.321 e. The molecule has 1 aromatic carbocycles. The van der Waals surface area contributed by atoms with Crippen molar-refractivity contribution >= 4 is 34.5 Å². The number of rotatable bonds is 6. The number of thiazole rings is 1. The van der Waals surface area contributed by atoms with Gasteiger partial charge in [0.15, 0.2) is 0 Å². The van der Waals surface area contributed by atoms with Gasteiger partial charge in [-0.25, -0.2) is 9.37 Å². The monoisotopic (exact) mass is 401 g/mol. The van der Waals surface area contributed by atoms with Crippen LogP contribution in [0.5, 0.6) is 0 Å². The molecule has 146 valence electrons. The quantitative estimate of drug-likeness (QED) is 0.653. The van der Waals surface area contributed by atoms with Crippen LogP contribution in [-0.2, 0) is 6.54 Å². The van der Waals surface area contributed by atoms with Crippen LogP contribution in [0.2, 0.25) is 0 Å². The van der Waals surface area contributed by atoms with E-state index in [-0.39, 0.29) is 17.2 Å². The van der Waals surface area contributed by atoms with Gasteiger partial charge < -0.3 is 10.6 Å². The predicted octanol–water partition coefficient (Wildman–Crippen LogP) is 4.01. The first-order valence-electron chi connectivity index (χ1n) is 8.75. The molecule has 2 amide bonds. The molecule has 0 unspecified atom stereocenters. The molecule has 2 N–H and O–H groups in total. The Kier molecular flexibility index (Phi) is 5.84. The Hall–Kier alpha value is -3.07. The average molecular weight is 401 g/mol. The fourth-order valence-corrected chi connectivity index (χ4v) is 3.52. The van der Waals surface area contributed by atoms with Gasteiger partial charge in [-0.3, -0.25) is 14.3 Å². The highest BCUT2D eigenvalue weighted by atomic mass is 32.1. The zero-order valence-corrected chi connectivity index (χ0v) is 16.6. The summed E-state index contributed by atoms with van der Waals surface area (Å²) < 4.78 is 15.7. The minimum absolute atomic E-state index is 0.0933. The van der Waals surface area contributed by atoms with Crippen LogP contribution in [0.25, 0.3) is 0 Å². The average Bonchev–Trinajstić information content (AvgIpc) is 3.20. The number of nitrogens with zero attached hydrogens (tertiary/aromatic N) is 3. The van der Waals surface area contributed by atoms with E-state index >= 15 is 0 Å². The van der Waals surface area contributed by atoms with Crippen molar-refractivity contribution in [3.8, 4) is 0 Å².